The number of hydrogen-bond acceptors (Lipinski definition) is 7. The second-order valence-electron chi connectivity index (χ2n) is 5.73. The summed E-state index contributed by atoms with van der Waals surface area (Å²) >= 11 is 0. The van der Waals surface area contributed by atoms with Crippen molar-refractivity contribution in [2.24, 2.45) is 0 Å². The van der Waals surface area contributed by atoms with Crippen LogP contribution in [0.15, 0.2) is 57.8 Å². The number of amides is 1. The van der Waals surface area contributed by atoms with Crippen LogP contribution in [0.1, 0.15) is 5.56 Å². The van der Waals surface area contributed by atoms with Crippen LogP contribution in [-0.2, 0) is 14.6 Å². The first-order chi connectivity index (χ1) is 12.9. The minimum absolute atomic E-state index is 0.0727. The standard InChI is InChI=1S/C18H17N3O5S/c1-12-7-9-13(10-8-12)27(23,24)11-16(22)19-18-21-20-17(26-18)14-5-3-4-6-15(14)25-2/h3-10H,11H2,1-2H3,(H,19,21,22). The molecule has 0 saturated heterocycles. The maximum atomic E-state index is 12.3. The minimum atomic E-state index is -3.77. The summed E-state index contributed by atoms with van der Waals surface area (Å²) in [6, 6.07) is 13.1. The van der Waals surface area contributed by atoms with Gasteiger partial charge in [0.25, 0.3) is 5.89 Å². The van der Waals surface area contributed by atoms with E-state index in [2.05, 4.69) is 15.5 Å². The Morgan fingerprint density at radius 2 is 1.81 bits per heavy atom. The lowest BCUT2D eigenvalue weighted by molar-refractivity contribution is -0.114. The molecule has 0 fully saturated rings. The van der Waals surface area contributed by atoms with Gasteiger partial charge in [-0.1, -0.05) is 34.9 Å². The number of sulfone groups is 1. The van der Waals surface area contributed by atoms with Crippen LogP contribution in [0, 0.1) is 6.92 Å². The number of ether oxygens (including phenoxy) is 1. The van der Waals surface area contributed by atoms with Crippen molar-refractivity contribution in [3.63, 3.8) is 0 Å². The van der Waals surface area contributed by atoms with Gasteiger partial charge in [0, 0.05) is 0 Å². The fourth-order valence-corrected chi connectivity index (χ4v) is 3.50. The van der Waals surface area contributed by atoms with E-state index in [1.165, 1.54) is 19.2 Å². The molecule has 0 atom stereocenters. The average molecular weight is 387 g/mol. The van der Waals surface area contributed by atoms with Gasteiger partial charge < -0.3 is 9.15 Å². The summed E-state index contributed by atoms with van der Waals surface area (Å²) in [6.07, 6.45) is 0. The smallest absolute Gasteiger partial charge is 0.322 e. The van der Waals surface area contributed by atoms with Gasteiger partial charge in [0.2, 0.25) is 5.91 Å². The van der Waals surface area contributed by atoms with E-state index in [1.807, 2.05) is 6.92 Å². The molecule has 3 rings (SSSR count). The van der Waals surface area contributed by atoms with Crippen LogP contribution in [0.5, 0.6) is 5.75 Å². The van der Waals surface area contributed by atoms with E-state index < -0.39 is 21.5 Å². The van der Waals surface area contributed by atoms with Crippen LogP contribution in [0.3, 0.4) is 0 Å². The third-order valence-corrected chi connectivity index (χ3v) is 5.34. The zero-order valence-electron chi connectivity index (χ0n) is 14.7. The van der Waals surface area contributed by atoms with Gasteiger partial charge in [0.15, 0.2) is 9.84 Å². The van der Waals surface area contributed by atoms with Gasteiger partial charge in [0.05, 0.1) is 17.6 Å². The van der Waals surface area contributed by atoms with Crippen molar-refractivity contribution >= 4 is 21.8 Å². The monoisotopic (exact) mass is 387 g/mol. The van der Waals surface area contributed by atoms with Crippen LogP contribution in [0.2, 0.25) is 0 Å². The lowest BCUT2D eigenvalue weighted by Crippen LogP contribution is -2.23. The zero-order chi connectivity index (χ0) is 19.4. The van der Waals surface area contributed by atoms with Crippen LogP contribution in [0.25, 0.3) is 11.5 Å². The number of hydrogen-bond donors (Lipinski definition) is 1. The number of carbonyl (C=O) groups excluding carboxylic acids is 1. The Morgan fingerprint density at radius 3 is 2.52 bits per heavy atom. The second-order valence-corrected chi connectivity index (χ2v) is 7.72. The van der Waals surface area contributed by atoms with E-state index in [9.17, 15) is 13.2 Å². The van der Waals surface area contributed by atoms with Crippen molar-refractivity contribution < 1.29 is 22.4 Å². The second kappa shape index (κ2) is 7.58. The number of anilines is 1. The SMILES string of the molecule is COc1ccccc1-c1nnc(NC(=O)CS(=O)(=O)c2ccc(C)cc2)o1. The highest BCUT2D eigenvalue weighted by Gasteiger charge is 2.21. The summed E-state index contributed by atoms with van der Waals surface area (Å²) in [5, 5.41) is 9.88. The molecule has 1 amide bonds. The number of para-hydroxylation sites is 1. The van der Waals surface area contributed by atoms with Crippen LogP contribution in [-0.4, -0.2) is 37.4 Å². The van der Waals surface area contributed by atoms with E-state index in [-0.39, 0.29) is 16.8 Å². The van der Waals surface area contributed by atoms with Gasteiger partial charge in [-0.2, -0.15) is 0 Å². The molecule has 0 unspecified atom stereocenters. The summed E-state index contributed by atoms with van der Waals surface area (Å²) in [4.78, 5) is 12.2. The Hall–Kier alpha value is -3.20. The van der Waals surface area contributed by atoms with E-state index in [0.29, 0.717) is 11.3 Å². The highest BCUT2D eigenvalue weighted by molar-refractivity contribution is 7.92. The number of aryl methyl sites for hydroxylation is 1. The highest BCUT2D eigenvalue weighted by Crippen LogP contribution is 2.29. The lowest BCUT2D eigenvalue weighted by atomic mass is 10.2. The van der Waals surface area contributed by atoms with Crippen molar-refractivity contribution in [1.82, 2.24) is 10.2 Å². The number of nitrogens with zero attached hydrogens (tertiary/aromatic N) is 2. The molecule has 8 nitrogen and oxygen atoms in total. The maximum Gasteiger partial charge on any atom is 0.322 e. The fraction of sp³-hybridized carbons (Fsp3) is 0.167. The first kappa shape index (κ1) is 18.6. The van der Waals surface area contributed by atoms with Gasteiger partial charge in [-0.15, -0.1) is 5.10 Å². The van der Waals surface area contributed by atoms with Gasteiger partial charge in [-0.3, -0.25) is 10.1 Å². The van der Waals surface area contributed by atoms with Crippen molar-refractivity contribution in [2.45, 2.75) is 11.8 Å². The first-order valence-corrected chi connectivity index (χ1v) is 9.60. The molecular formula is C18H17N3O5S. The Morgan fingerprint density at radius 1 is 1.11 bits per heavy atom. The molecular weight excluding hydrogens is 370 g/mol. The van der Waals surface area contributed by atoms with E-state index in [1.54, 1.807) is 36.4 Å². The molecule has 27 heavy (non-hydrogen) atoms. The number of aromatic nitrogens is 2. The Bertz CT molecular complexity index is 1060. The predicted octanol–water partition coefficient (Wildman–Crippen LogP) is 2.47. The minimum Gasteiger partial charge on any atom is -0.496 e. The zero-order valence-corrected chi connectivity index (χ0v) is 15.5. The number of carbonyl (C=O) groups is 1. The Balaban J connectivity index is 1.72. The molecule has 0 aliphatic heterocycles. The summed E-state index contributed by atoms with van der Waals surface area (Å²) < 4.78 is 35.2. The Labute approximate surface area is 156 Å². The summed E-state index contributed by atoms with van der Waals surface area (Å²) in [6.45, 7) is 1.85. The molecule has 0 aliphatic carbocycles. The molecule has 3 aromatic rings. The number of methoxy groups -OCH3 is 1. The van der Waals surface area contributed by atoms with Gasteiger partial charge >= 0.3 is 6.01 Å². The summed E-state index contributed by atoms with van der Waals surface area (Å²) in [7, 11) is -2.27. The molecule has 0 aliphatic rings. The first-order valence-electron chi connectivity index (χ1n) is 7.95. The largest absolute Gasteiger partial charge is 0.496 e. The average Bonchev–Trinajstić information content (AvgIpc) is 3.09. The van der Waals surface area contributed by atoms with E-state index >= 15 is 0 Å². The topological polar surface area (TPSA) is 111 Å². The van der Waals surface area contributed by atoms with Crippen molar-refractivity contribution in [3.8, 4) is 17.2 Å². The van der Waals surface area contributed by atoms with Crippen molar-refractivity contribution in [2.75, 3.05) is 18.2 Å². The molecule has 1 aromatic heterocycles. The molecule has 1 N–H and O–H groups in total. The molecule has 0 radical (unpaired) electrons. The van der Waals surface area contributed by atoms with Crippen molar-refractivity contribution in [1.29, 1.82) is 0 Å². The molecule has 0 saturated carbocycles. The normalized spacial score (nSPS) is 11.2. The summed E-state index contributed by atoms with van der Waals surface area (Å²) in [5.74, 6) is -0.835. The van der Waals surface area contributed by atoms with Crippen LogP contribution >= 0.6 is 0 Å². The molecule has 140 valence electrons. The van der Waals surface area contributed by atoms with E-state index in [0.717, 1.165) is 5.56 Å². The van der Waals surface area contributed by atoms with Gasteiger partial charge in [-0.25, -0.2) is 8.42 Å². The quantitative estimate of drug-likeness (QED) is 0.691. The summed E-state index contributed by atoms with van der Waals surface area (Å²) in [5.41, 5.74) is 1.48. The lowest BCUT2D eigenvalue weighted by Gasteiger charge is -2.05. The predicted molar refractivity (Wildman–Crippen MR) is 98.1 cm³/mol. The van der Waals surface area contributed by atoms with Gasteiger partial charge in [0.1, 0.15) is 11.5 Å². The number of benzene rings is 2. The fourth-order valence-electron chi connectivity index (χ4n) is 2.36. The van der Waals surface area contributed by atoms with Crippen LogP contribution < -0.4 is 10.1 Å². The van der Waals surface area contributed by atoms with Crippen molar-refractivity contribution in [3.05, 3.63) is 54.1 Å². The van der Waals surface area contributed by atoms with E-state index in [4.69, 9.17) is 9.15 Å². The third kappa shape index (κ3) is 4.32. The van der Waals surface area contributed by atoms with Crippen LogP contribution in [0.4, 0.5) is 6.01 Å². The molecule has 1 heterocycles. The third-order valence-electron chi connectivity index (χ3n) is 3.71. The Kier molecular flexibility index (Phi) is 5.22. The maximum absolute atomic E-state index is 12.3. The number of nitrogens with one attached hydrogen (secondary N) is 1. The number of rotatable bonds is 6. The van der Waals surface area contributed by atoms with Gasteiger partial charge in [-0.05, 0) is 31.2 Å². The highest BCUT2D eigenvalue weighted by atomic mass is 32.2. The molecule has 0 spiro atoms. The molecule has 9 heteroatoms. The molecule has 0 bridgehead atoms. The molecule has 2 aromatic carbocycles.